The van der Waals surface area contributed by atoms with Gasteiger partial charge in [-0.15, -0.1) is 0 Å². The van der Waals surface area contributed by atoms with Crippen molar-refractivity contribution in [3.05, 3.63) is 6.92 Å². The zero-order valence-electron chi connectivity index (χ0n) is 6.64. The van der Waals surface area contributed by atoms with Crippen LogP contribution in [0.4, 0.5) is 0 Å². The topological polar surface area (TPSA) is 9.23 Å². The number of unbranched alkanes of at least 4 members (excludes halogenated alkanes) is 2. The van der Waals surface area contributed by atoms with Gasteiger partial charge in [-0.05, 0) is 19.3 Å². The molecule has 1 atom stereocenters. The average molecular weight is 141 g/mol. The molecule has 10 heavy (non-hydrogen) atoms. The first-order valence-electron chi connectivity index (χ1n) is 4.34. The summed E-state index contributed by atoms with van der Waals surface area (Å²) < 4.78 is 5.48. The average Bonchev–Trinajstić information content (AvgIpc) is 2.41. The standard InChI is InChI=1S/C9H17O/c1-2-3-4-6-9-7-5-8-10-9/h9H,1-8H2. The van der Waals surface area contributed by atoms with Gasteiger partial charge in [0.05, 0.1) is 6.10 Å². The Bertz CT molecular complexity index is 74.8. The van der Waals surface area contributed by atoms with Gasteiger partial charge in [0, 0.05) is 6.61 Å². The molecule has 59 valence electrons. The van der Waals surface area contributed by atoms with Crippen molar-refractivity contribution in [3.63, 3.8) is 0 Å². The number of ether oxygens (including phenoxy) is 1. The van der Waals surface area contributed by atoms with Gasteiger partial charge < -0.3 is 4.74 Å². The van der Waals surface area contributed by atoms with Gasteiger partial charge in [0.2, 0.25) is 0 Å². The molecule has 0 saturated carbocycles. The summed E-state index contributed by atoms with van der Waals surface area (Å²) in [6.07, 6.45) is 8.05. The Labute approximate surface area is 63.8 Å². The summed E-state index contributed by atoms with van der Waals surface area (Å²) >= 11 is 0. The fourth-order valence-corrected chi connectivity index (χ4v) is 1.42. The van der Waals surface area contributed by atoms with Gasteiger partial charge >= 0.3 is 0 Å². The first-order valence-corrected chi connectivity index (χ1v) is 4.34. The molecule has 0 bridgehead atoms. The van der Waals surface area contributed by atoms with E-state index in [0.717, 1.165) is 13.0 Å². The first kappa shape index (κ1) is 8.06. The lowest BCUT2D eigenvalue weighted by Crippen LogP contribution is -2.03. The van der Waals surface area contributed by atoms with Crippen molar-refractivity contribution >= 4 is 0 Å². The van der Waals surface area contributed by atoms with Crippen molar-refractivity contribution in [2.24, 2.45) is 0 Å². The quantitative estimate of drug-likeness (QED) is 0.547. The van der Waals surface area contributed by atoms with E-state index in [4.69, 9.17) is 4.74 Å². The molecule has 1 radical (unpaired) electrons. The highest BCUT2D eigenvalue weighted by atomic mass is 16.5. The monoisotopic (exact) mass is 141 g/mol. The SMILES string of the molecule is [CH2]CCCCC1CCCO1. The molecule has 1 fully saturated rings. The summed E-state index contributed by atoms with van der Waals surface area (Å²) in [5, 5.41) is 0. The molecule has 0 N–H and O–H groups in total. The predicted octanol–water partition coefficient (Wildman–Crippen LogP) is 2.56. The van der Waals surface area contributed by atoms with Crippen LogP contribution in [0.1, 0.15) is 38.5 Å². The molecule has 0 aromatic heterocycles. The third kappa shape index (κ3) is 2.70. The first-order chi connectivity index (χ1) is 4.93. The van der Waals surface area contributed by atoms with E-state index in [1.54, 1.807) is 0 Å². The lowest BCUT2D eigenvalue weighted by atomic mass is 10.1. The highest BCUT2D eigenvalue weighted by molar-refractivity contribution is 4.64. The third-order valence-electron chi connectivity index (χ3n) is 2.05. The second kappa shape index (κ2) is 4.73. The van der Waals surface area contributed by atoms with E-state index in [-0.39, 0.29) is 0 Å². The fourth-order valence-electron chi connectivity index (χ4n) is 1.42. The molecule has 0 aromatic carbocycles. The van der Waals surface area contributed by atoms with E-state index >= 15 is 0 Å². The van der Waals surface area contributed by atoms with Crippen LogP contribution < -0.4 is 0 Å². The Morgan fingerprint density at radius 1 is 1.40 bits per heavy atom. The number of hydrogen-bond acceptors (Lipinski definition) is 1. The Morgan fingerprint density at radius 2 is 2.30 bits per heavy atom. The largest absolute Gasteiger partial charge is 0.378 e. The van der Waals surface area contributed by atoms with E-state index in [1.807, 2.05) is 0 Å². The Morgan fingerprint density at radius 3 is 2.90 bits per heavy atom. The van der Waals surface area contributed by atoms with Crippen LogP contribution in [0.15, 0.2) is 0 Å². The van der Waals surface area contributed by atoms with Gasteiger partial charge in [-0.2, -0.15) is 0 Å². The van der Waals surface area contributed by atoms with Crippen molar-refractivity contribution in [1.82, 2.24) is 0 Å². The van der Waals surface area contributed by atoms with Crippen LogP contribution in [0, 0.1) is 6.92 Å². The van der Waals surface area contributed by atoms with Crippen LogP contribution in [0.25, 0.3) is 0 Å². The minimum atomic E-state index is 0.589. The van der Waals surface area contributed by atoms with E-state index in [1.165, 1.54) is 32.1 Å². The Balaban J connectivity index is 1.91. The summed E-state index contributed by atoms with van der Waals surface area (Å²) in [4.78, 5) is 0. The van der Waals surface area contributed by atoms with Crippen LogP contribution in [0.5, 0.6) is 0 Å². The maximum absolute atomic E-state index is 5.48. The lowest BCUT2D eigenvalue weighted by Gasteiger charge is -2.06. The predicted molar refractivity (Wildman–Crippen MR) is 42.8 cm³/mol. The van der Waals surface area contributed by atoms with Crippen molar-refractivity contribution in [1.29, 1.82) is 0 Å². The molecule has 1 heteroatoms. The van der Waals surface area contributed by atoms with Crippen LogP contribution in [0.2, 0.25) is 0 Å². The normalized spacial score (nSPS) is 25.5. The zero-order chi connectivity index (χ0) is 7.23. The third-order valence-corrected chi connectivity index (χ3v) is 2.05. The molecule has 1 aliphatic heterocycles. The summed E-state index contributed by atoms with van der Waals surface area (Å²) in [5.74, 6) is 0. The van der Waals surface area contributed by atoms with Crippen LogP contribution >= 0.6 is 0 Å². The Hall–Kier alpha value is -0.0400. The number of rotatable bonds is 4. The molecule has 0 aromatic rings. The summed E-state index contributed by atoms with van der Waals surface area (Å²) in [6, 6.07) is 0. The molecule has 1 heterocycles. The summed E-state index contributed by atoms with van der Waals surface area (Å²) in [6.45, 7) is 4.80. The minimum Gasteiger partial charge on any atom is -0.378 e. The summed E-state index contributed by atoms with van der Waals surface area (Å²) in [5.41, 5.74) is 0. The van der Waals surface area contributed by atoms with Gasteiger partial charge in [0.25, 0.3) is 0 Å². The van der Waals surface area contributed by atoms with E-state index < -0.39 is 0 Å². The molecule has 1 rings (SSSR count). The van der Waals surface area contributed by atoms with Gasteiger partial charge in [0.15, 0.2) is 0 Å². The summed E-state index contributed by atoms with van der Waals surface area (Å²) in [7, 11) is 0. The highest BCUT2D eigenvalue weighted by Crippen LogP contribution is 2.17. The van der Waals surface area contributed by atoms with E-state index in [0.29, 0.717) is 6.10 Å². The molecule has 0 aliphatic carbocycles. The second-order valence-corrected chi connectivity index (χ2v) is 2.98. The molecular formula is C9H17O. The molecular weight excluding hydrogens is 124 g/mol. The molecule has 1 nitrogen and oxygen atoms in total. The van der Waals surface area contributed by atoms with Crippen molar-refractivity contribution in [2.45, 2.75) is 44.6 Å². The molecule has 1 unspecified atom stereocenters. The maximum atomic E-state index is 5.48. The zero-order valence-corrected chi connectivity index (χ0v) is 6.64. The lowest BCUT2D eigenvalue weighted by molar-refractivity contribution is 0.102. The maximum Gasteiger partial charge on any atom is 0.0576 e. The second-order valence-electron chi connectivity index (χ2n) is 2.98. The highest BCUT2D eigenvalue weighted by Gasteiger charge is 2.13. The molecule has 1 saturated heterocycles. The van der Waals surface area contributed by atoms with Gasteiger partial charge in [-0.25, -0.2) is 0 Å². The molecule has 0 spiro atoms. The Kier molecular flexibility index (Phi) is 3.81. The van der Waals surface area contributed by atoms with Crippen LogP contribution in [-0.2, 0) is 4.74 Å². The molecule has 0 amide bonds. The smallest absolute Gasteiger partial charge is 0.0576 e. The van der Waals surface area contributed by atoms with Crippen molar-refractivity contribution < 1.29 is 4.74 Å². The number of hydrogen-bond donors (Lipinski definition) is 0. The van der Waals surface area contributed by atoms with Gasteiger partial charge in [0.1, 0.15) is 0 Å². The van der Waals surface area contributed by atoms with Gasteiger partial charge in [-0.1, -0.05) is 26.2 Å². The van der Waals surface area contributed by atoms with Crippen LogP contribution in [0.3, 0.4) is 0 Å². The van der Waals surface area contributed by atoms with Crippen molar-refractivity contribution in [3.8, 4) is 0 Å². The van der Waals surface area contributed by atoms with Gasteiger partial charge in [-0.3, -0.25) is 0 Å². The minimum absolute atomic E-state index is 0.589. The fraction of sp³-hybridized carbons (Fsp3) is 0.889. The van der Waals surface area contributed by atoms with E-state index in [9.17, 15) is 0 Å². The van der Waals surface area contributed by atoms with E-state index in [2.05, 4.69) is 6.92 Å². The van der Waals surface area contributed by atoms with Crippen molar-refractivity contribution in [2.75, 3.05) is 6.61 Å². The molecule has 1 aliphatic rings. The van der Waals surface area contributed by atoms with Crippen LogP contribution in [-0.4, -0.2) is 12.7 Å².